The fourth-order valence-corrected chi connectivity index (χ4v) is 1.88. The number of hydrogen-bond acceptors (Lipinski definition) is 4. The van der Waals surface area contributed by atoms with E-state index in [9.17, 15) is 4.79 Å². The largest absolute Gasteiger partial charge is 0.459 e. The molecule has 0 aliphatic rings. The number of furan rings is 1. The van der Waals surface area contributed by atoms with Crippen LogP contribution in [0, 0.1) is 13.8 Å². The third-order valence-corrected chi connectivity index (χ3v) is 2.93. The Balaban J connectivity index is 1.91. The Labute approximate surface area is 108 Å². The number of carbonyl (C=O) groups is 1. The van der Waals surface area contributed by atoms with Gasteiger partial charge in [-0.05, 0) is 26.0 Å². The van der Waals surface area contributed by atoms with Crippen LogP contribution in [0.25, 0.3) is 11.0 Å². The number of aromatic amines is 1. The number of anilines is 1. The van der Waals surface area contributed by atoms with Crippen molar-refractivity contribution in [3.63, 3.8) is 0 Å². The molecule has 0 atom stereocenters. The van der Waals surface area contributed by atoms with Gasteiger partial charge < -0.3 is 9.73 Å². The van der Waals surface area contributed by atoms with E-state index in [1.54, 1.807) is 12.3 Å². The maximum atomic E-state index is 12.0. The first-order valence-electron chi connectivity index (χ1n) is 5.81. The number of aromatic nitrogens is 3. The van der Waals surface area contributed by atoms with Crippen LogP contribution >= 0.6 is 0 Å². The number of pyridine rings is 1. The highest BCUT2D eigenvalue weighted by atomic mass is 16.3. The van der Waals surface area contributed by atoms with Gasteiger partial charge in [-0.1, -0.05) is 0 Å². The van der Waals surface area contributed by atoms with Crippen LogP contribution in [-0.4, -0.2) is 21.1 Å². The van der Waals surface area contributed by atoms with Crippen molar-refractivity contribution in [1.82, 2.24) is 15.2 Å². The zero-order valence-corrected chi connectivity index (χ0v) is 10.5. The Morgan fingerprint density at radius 3 is 3.00 bits per heavy atom. The number of aryl methyl sites for hydroxylation is 2. The van der Waals surface area contributed by atoms with E-state index in [2.05, 4.69) is 20.5 Å². The zero-order valence-electron chi connectivity index (χ0n) is 10.5. The monoisotopic (exact) mass is 256 g/mol. The molecular weight excluding hydrogens is 244 g/mol. The van der Waals surface area contributed by atoms with Crippen molar-refractivity contribution >= 4 is 22.6 Å². The molecule has 6 nitrogen and oxygen atoms in total. The molecule has 96 valence electrons. The lowest BCUT2D eigenvalue weighted by Gasteiger charge is -2.03. The first-order valence-corrected chi connectivity index (χ1v) is 5.81. The molecule has 0 radical (unpaired) electrons. The van der Waals surface area contributed by atoms with Crippen LogP contribution < -0.4 is 5.32 Å². The molecule has 0 saturated carbocycles. The second kappa shape index (κ2) is 4.24. The molecule has 1 amide bonds. The molecule has 0 aliphatic heterocycles. The molecular formula is C13H12N4O2. The van der Waals surface area contributed by atoms with Gasteiger partial charge >= 0.3 is 0 Å². The number of amides is 1. The summed E-state index contributed by atoms with van der Waals surface area (Å²) in [6, 6.07) is 3.58. The molecule has 0 unspecified atom stereocenters. The SMILES string of the molecule is Cc1ccoc1C(=O)Nc1cnc2n[nH]c(C)c2c1. The van der Waals surface area contributed by atoms with Crippen molar-refractivity contribution in [2.24, 2.45) is 0 Å². The second-order valence-corrected chi connectivity index (χ2v) is 4.33. The van der Waals surface area contributed by atoms with E-state index in [1.165, 1.54) is 6.26 Å². The second-order valence-electron chi connectivity index (χ2n) is 4.33. The number of carbonyl (C=O) groups excluding carboxylic acids is 1. The highest BCUT2D eigenvalue weighted by molar-refractivity contribution is 6.03. The Bertz CT molecular complexity index is 757. The van der Waals surface area contributed by atoms with Gasteiger partial charge in [-0.25, -0.2) is 4.98 Å². The average molecular weight is 256 g/mol. The van der Waals surface area contributed by atoms with Gasteiger partial charge in [-0.2, -0.15) is 5.10 Å². The molecule has 0 aromatic carbocycles. The third-order valence-electron chi connectivity index (χ3n) is 2.93. The fourth-order valence-electron chi connectivity index (χ4n) is 1.88. The maximum Gasteiger partial charge on any atom is 0.291 e. The first kappa shape index (κ1) is 11.5. The van der Waals surface area contributed by atoms with Crippen LogP contribution in [-0.2, 0) is 0 Å². The van der Waals surface area contributed by atoms with E-state index >= 15 is 0 Å². The van der Waals surface area contributed by atoms with E-state index in [4.69, 9.17) is 4.42 Å². The molecule has 0 bridgehead atoms. The van der Waals surface area contributed by atoms with Gasteiger partial charge in [0.25, 0.3) is 5.91 Å². The zero-order chi connectivity index (χ0) is 13.4. The summed E-state index contributed by atoms with van der Waals surface area (Å²) >= 11 is 0. The van der Waals surface area contributed by atoms with Gasteiger partial charge in [-0.3, -0.25) is 9.89 Å². The van der Waals surface area contributed by atoms with Crippen molar-refractivity contribution in [2.45, 2.75) is 13.8 Å². The molecule has 0 spiro atoms. The average Bonchev–Trinajstić information content (AvgIpc) is 2.97. The summed E-state index contributed by atoms with van der Waals surface area (Å²) in [7, 11) is 0. The van der Waals surface area contributed by atoms with Crippen molar-refractivity contribution < 1.29 is 9.21 Å². The number of fused-ring (bicyclic) bond motifs is 1. The number of rotatable bonds is 2. The molecule has 0 saturated heterocycles. The van der Waals surface area contributed by atoms with Crippen molar-refractivity contribution in [1.29, 1.82) is 0 Å². The topological polar surface area (TPSA) is 83.8 Å². The van der Waals surface area contributed by atoms with Gasteiger partial charge in [0, 0.05) is 16.6 Å². The van der Waals surface area contributed by atoms with Crippen LogP contribution in [0.1, 0.15) is 21.8 Å². The summed E-state index contributed by atoms with van der Waals surface area (Å²) in [5.41, 5.74) is 2.95. The summed E-state index contributed by atoms with van der Waals surface area (Å²) in [6.45, 7) is 3.72. The Morgan fingerprint density at radius 2 is 2.26 bits per heavy atom. The molecule has 0 aliphatic carbocycles. The van der Waals surface area contributed by atoms with Gasteiger partial charge in [0.15, 0.2) is 11.4 Å². The Kier molecular flexibility index (Phi) is 2.56. The van der Waals surface area contributed by atoms with E-state index in [0.29, 0.717) is 17.1 Å². The molecule has 19 heavy (non-hydrogen) atoms. The minimum Gasteiger partial charge on any atom is -0.459 e. The molecule has 6 heteroatoms. The lowest BCUT2D eigenvalue weighted by atomic mass is 10.2. The van der Waals surface area contributed by atoms with Crippen LogP contribution in [0.2, 0.25) is 0 Å². The molecule has 3 aromatic rings. The molecule has 3 aromatic heterocycles. The lowest BCUT2D eigenvalue weighted by Crippen LogP contribution is -2.12. The highest BCUT2D eigenvalue weighted by Crippen LogP contribution is 2.18. The Hall–Kier alpha value is -2.63. The summed E-state index contributed by atoms with van der Waals surface area (Å²) < 4.78 is 5.14. The Morgan fingerprint density at radius 1 is 1.42 bits per heavy atom. The van der Waals surface area contributed by atoms with Crippen LogP contribution in [0.4, 0.5) is 5.69 Å². The summed E-state index contributed by atoms with van der Waals surface area (Å²) in [4.78, 5) is 16.2. The predicted molar refractivity (Wildman–Crippen MR) is 70.0 cm³/mol. The molecule has 2 N–H and O–H groups in total. The number of nitrogens with one attached hydrogen (secondary N) is 2. The van der Waals surface area contributed by atoms with Crippen LogP contribution in [0.5, 0.6) is 0 Å². The molecule has 3 heterocycles. The van der Waals surface area contributed by atoms with Crippen molar-refractivity contribution in [2.75, 3.05) is 5.32 Å². The standard InChI is InChI=1S/C13H12N4O2/c1-7-3-4-19-11(7)13(18)15-9-5-10-8(2)16-17-12(10)14-6-9/h3-6H,1-2H3,(H,15,18)(H,14,16,17). The number of H-pyrrole nitrogens is 1. The van der Waals surface area contributed by atoms with Gasteiger partial charge in [-0.15, -0.1) is 0 Å². The third kappa shape index (κ3) is 1.97. The fraction of sp³-hybridized carbons (Fsp3) is 0.154. The van der Waals surface area contributed by atoms with E-state index in [0.717, 1.165) is 16.6 Å². The minimum absolute atomic E-state index is 0.287. The van der Waals surface area contributed by atoms with Gasteiger partial charge in [0.1, 0.15) is 0 Å². The minimum atomic E-state index is -0.287. The quantitative estimate of drug-likeness (QED) is 0.737. The summed E-state index contributed by atoms with van der Waals surface area (Å²) in [6.07, 6.45) is 3.06. The molecule has 0 fully saturated rings. The smallest absolute Gasteiger partial charge is 0.291 e. The van der Waals surface area contributed by atoms with Crippen molar-refractivity contribution in [3.05, 3.63) is 41.6 Å². The normalized spacial score (nSPS) is 10.8. The number of nitrogens with zero attached hydrogens (tertiary/aromatic N) is 2. The van der Waals surface area contributed by atoms with E-state index in [1.807, 2.05) is 19.9 Å². The molecule has 3 rings (SSSR count). The first-order chi connectivity index (χ1) is 9.15. The van der Waals surface area contributed by atoms with Gasteiger partial charge in [0.2, 0.25) is 0 Å². The number of hydrogen-bond donors (Lipinski definition) is 2. The van der Waals surface area contributed by atoms with Gasteiger partial charge in [0.05, 0.1) is 18.1 Å². The van der Waals surface area contributed by atoms with E-state index < -0.39 is 0 Å². The predicted octanol–water partition coefficient (Wildman–Crippen LogP) is 2.42. The van der Waals surface area contributed by atoms with Crippen LogP contribution in [0.3, 0.4) is 0 Å². The van der Waals surface area contributed by atoms with E-state index in [-0.39, 0.29) is 5.91 Å². The maximum absolute atomic E-state index is 12.0. The highest BCUT2D eigenvalue weighted by Gasteiger charge is 2.13. The summed E-state index contributed by atoms with van der Waals surface area (Å²) in [5.74, 6) is 0.0220. The summed E-state index contributed by atoms with van der Waals surface area (Å²) in [5, 5.41) is 10.5. The van der Waals surface area contributed by atoms with Crippen LogP contribution in [0.15, 0.2) is 29.0 Å². The van der Waals surface area contributed by atoms with Crippen molar-refractivity contribution in [3.8, 4) is 0 Å². The lowest BCUT2D eigenvalue weighted by molar-refractivity contribution is 0.0996.